The summed E-state index contributed by atoms with van der Waals surface area (Å²) in [6.07, 6.45) is 2.81. The molecule has 24 heavy (non-hydrogen) atoms. The maximum Gasteiger partial charge on any atom is 0.220 e. The Bertz CT molecular complexity index is 508. The summed E-state index contributed by atoms with van der Waals surface area (Å²) in [5.74, 6) is 1.09. The number of benzene rings is 1. The molecular formula is C18H28Cl2N2O2. The van der Waals surface area contributed by atoms with Gasteiger partial charge >= 0.3 is 0 Å². The van der Waals surface area contributed by atoms with Gasteiger partial charge in [-0.1, -0.05) is 30.7 Å². The molecule has 2 N–H and O–H groups in total. The Morgan fingerprint density at radius 2 is 2.29 bits per heavy atom. The van der Waals surface area contributed by atoms with Crippen LogP contribution in [0.1, 0.15) is 37.9 Å². The monoisotopic (exact) mass is 374 g/mol. The molecule has 0 aromatic heterocycles. The molecule has 1 aliphatic rings. The van der Waals surface area contributed by atoms with Crippen molar-refractivity contribution in [3.8, 4) is 0 Å². The fourth-order valence-electron chi connectivity index (χ4n) is 3.15. The molecule has 0 radical (unpaired) electrons. The zero-order valence-electron chi connectivity index (χ0n) is 14.4. The zero-order chi connectivity index (χ0) is 16.7. The Balaban J connectivity index is 0.00000288. The number of carbonyl (C=O) groups is 1. The molecule has 1 aromatic carbocycles. The number of amides is 1. The maximum atomic E-state index is 12.2. The van der Waals surface area contributed by atoms with Crippen LogP contribution in [0.3, 0.4) is 0 Å². The van der Waals surface area contributed by atoms with Crippen LogP contribution in [0.4, 0.5) is 0 Å². The van der Waals surface area contributed by atoms with Crippen LogP contribution in [-0.4, -0.2) is 32.7 Å². The highest BCUT2D eigenvalue weighted by atomic mass is 35.5. The first kappa shape index (κ1) is 21.2. The lowest BCUT2D eigenvalue weighted by molar-refractivity contribution is -0.122. The molecule has 1 saturated heterocycles. The van der Waals surface area contributed by atoms with Gasteiger partial charge in [0.25, 0.3) is 0 Å². The standard InChI is InChI=1S/C18H27ClN2O2.ClH/c1-13(15-6-4-8-20-11-15)9-18(22)21-12-17(23-2)14-5-3-7-16(19)10-14;/h3,5,7,10,13,15,17,20H,4,6,8-9,11-12H2,1-2H3,(H,21,22);1H. The largest absolute Gasteiger partial charge is 0.375 e. The fourth-order valence-corrected chi connectivity index (χ4v) is 3.35. The third-order valence-corrected chi connectivity index (χ3v) is 4.87. The number of hydrogen-bond donors (Lipinski definition) is 2. The second-order valence-electron chi connectivity index (χ2n) is 6.37. The summed E-state index contributed by atoms with van der Waals surface area (Å²) in [5.41, 5.74) is 0.977. The lowest BCUT2D eigenvalue weighted by Crippen LogP contribution is -2.36. The van der Waals surface area contributed by atoms with E-state index in [4.69, 9.17) is 16.3 Å². The first-order chi connectivity index (χ1) is 11.1. The Kier molecular flexibility index (Phi) is 9.67. The van der Waals surface area contributed by atoms with Crippen molar-refractivity contribution in [2.24, 2.45) is 11.8 Å². The van der Waals surface area contributed by atoms with Gasteiger partial charge in [-0.25, -0.2) is 0 Å². The summed E-state index contributed by atoms with van der Waals surface area (Å²) in [4.78, 5) is 12.2. The van der Waals surface area contributed by atoms with E-state index in [-0.39, 0.29) is 24.4 Å². The summed E-state index contributed by atoms with van der Waals surface area (Å²) in [6.45, 7) is 4.76. The van der Waals surface area contributed by atoms with Crippen LogP contribution in [0.5, 0.6) is 0 Å². The van der Waals surface area contributed by atoms with Gasteiger partial charge < -0.3 is 15.4 Å². The number of piperidine rings is 1. The van der Waals surface area contributed by atoms with Crippen molar-refractivity contribution in [3.05, 3.63) is 34.9 Å². The molecule has 1 aliphatic heterocycles. The van der Waals surface area contributed by atoms with Gasteiger partial charge in [-0.2, -0.15) is 0 Å². The van der Waals surface area contributed by atoms with Crippen LogP contribution >= 0.6 is 24.0 Å². The van der Waals surface area contributed by atoms with E-state index in [0.717, 1.165) is 18.7 Å². The average Bonchev–Trinajstić information content (AvgIpc) is 2.56. The molecule has 1 aromatic rings. The minimum Gasteiger partial charge on any atom is -0.375 e. The minimum atomic E-state index is -0.177. The molecule has 2 rings (SSSR count). The number of rotatable bonds is 7. The Morgan fingerprint density at radius 3 is 2.92 bits per heavy atom. The minimum absolute atomic E-state index is 0. The molecular weight excluding hydrogens is 347 g/mol. The maximum absolute atomic E-state index is 12.2. The number of halogens is 2. The van der Waals surface area contributed by atoms with Gasteiger partial charge in [0.2, 0.25) is 5.91 Å². The van der Waals surface area contributed by atoms with E-state index in [9.17, 15) is 4.79 Å². The van der Waals surface area contributed by atoms with E-state index in [1.54, 1.807) is 7.11 Å². The van der Waals surface area contributed by atoms with Crippen molar-refractivity contribution in [2.75, 3.05) is 26.7 Å². The molecule has 0 bridgehead atoms. The van der Waals surface area contributed by atoms with Gasteiger partial charge in [0, 0.05) is 25.1 Å². The van der Waals surface area contributed by atoms with Crippen molar-refractivity contribution >= 4 is 29.9 Å². The van der Waals surface area contributed by atoms with Crippen LogP contribution in [-0.2, 0) is 9.53 Å². The summed E-state index contributed by atoms with van der Waals surface area (Å²) in [6, 6.07) is 7.56. The second-order valence-corrected chi connectivity index (χ2v) is 6.81. The first-order valence-electron chi connectivity index (χ1n) is 8.35. The van der Waals surface area contributed by atoms with Crippen molar-refractivity contribution in [1.82, 2.24) is 10.6 Å². The third-order valence-electron chi connectivity index (χ3n) is 4.64. The van der Waals surface area contributed by atoms with Crippen LogP contribution in [0.25, 0.3) is 0 Å². The van der Waals surface area contributed by atoms with E-state index < -0.39 is 0 Å². The predicted molar refractivity (Wildman–Crippen MR) is 101 cm³/mol. The Hall–Kier alpha value is -0.810. The van der Waals surface area contributed by atoms with Gasteiger partial charge in [0.15, 0.2) is 0 Å². The van der Waals surface area contributed by atoms with Gasteiger partial charge in [-0.15, -0.1) is 12.4 Å². The molecule has 3 atom stereocenters. The summed E-state index contributed by atoms with van der Waals surface area (Å²) < 4.78 is 5.48. The van der Waals surface area contributed by atoms with Gasteiger partial charge in [-0.05, 0) is 55.5 Å². The summed E-state index contributed by atoms with van der Waals surface area (Å²) in [5, 5.41) is 7.08. The van der Waals surface area contributed by atoms with Crippen LogP contribution in [0.2, 0.25) is 5.02 Å². The summed E-state index contributed by atoms with van der Waals surface area (Å²) in [7, 11) is 1.65. The number of nitrogens with one attached hydrogen (secondary N) is 2. The van der Waals surface area contributed by atoms with Crippen molar-refractivity contribution in [2.45, 2.75) is 32.3 Å². The van der Waals surface area contributed by atoms with Crippen LogP contribution < -0.4 is 10.6 Å². The fraction of sp³-hybridized carbons (Fsp3) is 0.611. The highest BCUT2D eigenvalue weighted by molar-refractivity contribution is 6.30. The molecule has 6 heteroatoms. The number of carbonyl (C=O) groups excluding carboxylic acids is 1. The lowest BCUT2D eigenvalue weighted by Gasteiger charge is -2.28. The molecule has 0 saturated carbocycles. The van der Waals surface area contributed by atoms with Crippen molar-refractivity contribution < 1.29 is 9.53 Å². The number of hydrogen-bond acceptors (Lipinski definition) is 3. The molecule has 1 heterocycles. The molecule has 3 unspecified atom stereocenters. The molecule has 4 nitrogen and oxygen atoms in total. The summed E-state index contributed by atoms with van der Waals surface area (Å²) >= 11 is 6.01. The molecule has 1 fully saturated rings. The number of ether oxygens (including phenoxy) is 1. The van der Waals surface area contributed by atoms with Gasteiger partial charge in [0.05, 0.1) is 6.10 Å². The van der Waals surface area contributed by atoms with E-state index in [0.29, 0.717) is 29.8 Å². The van der Waals surface area contributed by atoms with Gasteiger partial charge in [-0.3, -0.25) is 4.79 Å². The van der Waals surface area contributed by atoms with E-state index in [2.05, 4.69) is 17.6 Å². The normalized spacial score (nSPS) is 19.9. The van der Waals surface area contributed by atoms with E-state index in [1.165, 1.54) is 12.8 Å². The zero-order valence-corrected chi connectivity index (χ0v) is 16.0. The van der Waals surface area contributed by atoms with E-state index in [1.807, 2.05) is 24.3 Å². The van der Waals surface area contributed by atoms with Gasteiger partial charge in [0.1, 0.15) is 0 Å². The number of methoxy groups -OCH3 is 1. The van der Waals surface area contributed by atoms with Crippen LogP contribution in [0.15, 0.2) is 24.3 Å². The van der Waals surface area contributed by atoms with Crippen molar-refractivity contribution in [1.29, 1.82) is 0 Å². The highest BCUT2D eigenvalue weighted by Gasteiger charge is 2.22. The predicted octanol–water partition coefficient (Wildman–Crippen LogP) is 3.59. The molecule has 1 amide bonds. The molecule has 136 valence electrons. The quantitative estimate of drug-likeness (QED) is 0.766. The first-order valence-corrected chi connectivity index (χ1v) is 8.73. The lowest BCUT2D eigenvalue weighted by atomic mass is 9.85. The third kappa shape index (κ3) is 6.60. The van der Waals surface area contributed by atoms with E-state index >= 15 is 0 Å². The smallest absolute Gasteiger partial charge is 0.220 e. The average molecular weight is 375 g/mol. The second kappa shape index (κ2) is 10.9. The highest BCUT2D eigenvalue weighted by Crippen LogP contribution is 2.23. The SMILES string of the molecule is COC(CNC(=O)CC(C)C1CCCNC1)c1cccc(Cl)c1.Cl. The molecule has 0 aliphatic carbocycles. The van der Waals surface area contributed by atoms with Crippen LogP contribution in [0, 0.1) is 11.8 Å². The Morgan fingerprint density at radius 1 is 1.50 bits per heavy atom. The topological polar surface area (TPSA) is 50.4 Å². The molecule has 0 spiro atoms. The van der Waals surface area contributed by atoms with Crippen molar-refractivity contribution in [3.63, 3.8) is 0 Å². The Labute approximate surface area is 156 Å².